The first-order valence-corrected chi connectivity index (χ1v) is 10.7. The Bertz CT molecular complexity index is 775. The normalized spacial score (nSPS) is 14.6. The standard InChI is InChI=1S/C22H38N6O3/c1-6-14(3)27-19(29)16-13-15(10-11-18(16)31-5)28-20(30)17(22(4,25)7-2)9-8-12-26-21(23)24/h10-11,13-14,17H,6-9,12,25H2,1-5H3,(H,27,29)(H,28,30)(H4,23,24,26)/t14?,17-,22?/m1/s1. The second kappa shape index (κ2) is 12.1. The van der Waals surface area contributed by atoms with Gasteiger partial charge in [-0.25, -0.2) is 0 Å². The van der Waals surface area contributed by atoms with Crippen molar-refractivity contribution in [2.45, 2.75) is 65.0 Å². The number of nitrogens with one attached hydrogen (secondary N) is 2. The van der Waals surface area contributed by atoms with Gasteiger partial charge in [-0.2, -0.15) is 0 Å². The summed E-state index contributed by atoms with van der Waals surface area (Å²) in [4.78, 5) is 29.7. The lowest BCUT2D eigenvalue weighted by Crippen LogP contribution is -2.49. The van der Waals surface area contributed by atoms with E-state index in [1.165, 1.54) is 7.11 Å². The first kappa shape index (κ1) is 26.2. The molecule has 0 bridgehead atoms. The number of aliphatic imine (C=N–C) groups is 1. The summed E-state index contributed by atoms with van der Waals surface area (Å²) < 4.78 is 5.32. The predicted octanol–water partition coefficient (Wildman–Crippen LogP) is 1.96. The van der Waals surface area contributed by atoms with Crippen LogP contribution >= 0.6 is 0 Å². The lowest BCUT2D eigenvalue weighted by molar-refractivity contribution is -0.122. The number of anilines is 1. The number of carbonyl (C=O) groups is 2. The molecule has 9 heteroatoms. The van der Waals surface area contributed by atoms with Crippen molar-refractivity contribution in [2.24, 2.45) is 28.1 Å². The molecule has 0 aliphatic heterocycles. The number of guanidine groups is 1. The van der Waals surface area contributed by atoms with Gasteiger partial charge >= 0.3 is 0 Å². The maximum atomic E-state index is 13.1. The molecule has 0 saturated heterocycles. The van der Waals surface area contributed by atoms with Crippen LogP contribution in [0.4, 0.5) is 5.69 Å². The van der Waals surface area contributed by atoms with Crippen LogP contribution in [-0.2, 0) is 4.79 Å². The smallest absolute Gasteiger partial charge is 0.255 e. The molecule has 9 nitrogen and oxygen atoms in total. The van der Waals surface area contributed by atoms with Crippen molar-refractivity contribution in [3.05, 3.63) is 23.8 Å². The van der Waals surface area contributed by atoms with Crippen LogP contribution in [0, 0.1) is 5.92 Å². The van der Waals surface area contributed by atoms with Crippen molar-refractivity contribution in [2.75, 3.05) is 19.0 Å². The molecule has 2 unspecified atom stereocenters. The number of methoxy groups -OCH3 is 1. The third kappa shape index (κ3) is 8.09. The molecule has 0 aliphatic rings. The molecular weight excluding hydrogens is 396 g/mol. The molecule has 3 atom stereocenters. The number of hydrogen-bond acceptors (Lipinski definition) is 5. The minimum Gasteiger partial charge on any atom is -0.496 e. The molecule has 0 heterocycles. The lowest BCUT2D eigenvalue weighted by atomic mass is 9.80. The van der Waals surface area contributed by atoms with Crippen molar-refractivity contribution in [3.8, 4) is 5.75 Å². The van der Waals surface area contributed by atoms with Crippen molar-refractivity contribution in [1.82, 2.24) is 5.32 Å². The average molecular weight is 435 g/mol. The van der Waals surface area contributed by atoms with Crippen molar-refractivity contribution >= 4 is 23.5 Å². The Kier molecular flexibility index (Phi) is 10.3. The molecule has 0 fully saturated rings. The predicted molar refractivity (Wildman–Crippen MR) is 125 cm³/mol. The minimum atomic E-state index is -0.703. The summed E-state index contributed by atoms with van der Waals surface area (Å²) >= 11 is 0. The quantitative estimate of drug-likeness (QED) is 0.192. The number of amides is 2. The van der Waals surface area contributed by atoms with Gasteiger partial charge < -0.3 is 32.6 Å². The van der Waals surface area contributed by atoms with Crippen LogP contribution in [0.15, 0.2) is 23.2 Å². The molecular formula is C22H38N6O3. The topological polar surface area (TPSA) is 158 Å². The fourth-order valence-corrected chi connectivity index (χ4v) is 3.11. The molecule has 0 aromatic heterocycles. The zero-order chi connectivity index (χ0) is 23.6. The molecule has 0 radical (unpaired) electrons. The van der Waals surface area contributed by atoms with E-state index < -0.39 is 11.5 Å². The first-order chi connectivity index (χ1) is 14.5. The van der Waals surface area contributed by atoms with E-state index in [4.69, 9.17) is 21.9 Å². The fraction of sp³-hybridized carbons (Fsp3) is 0.591. The number of nitrogens with zero attached hydrogens (tertiary/aromatic N) is 1. The van der Waals surface area contributed by atoms with E-state index in [-0.39, 0.29) is 23.8 Å². The number of hydrogen-bond donors (Lipinski definition) is 5. The average Bonchev–Trinajstić information content (AvgIpc) is 2.72. The van der Waals surface area contributed by atoms with E-state index in [0.29, 0.717) is 42.8 Å². The van der Waals surface area contributed by atoms with Crippen molar-refractivity contribution < 1.29 is 14.3 Å². The van der Waals surface area contributed by atoms with Gasteiger partial charge in [-0.3, -0.25) is 14.6 Å². The number of ether oxygens (including phenoxy) is 1. The first-order valence-electron chi connectivity index (χ1n) is 10.7. The van der Waals surface area contributed by atoms with Gasteiger partial charge in [0.1, 0.15) is 5.75 Å². The van der Waals surface area contributed by atoms with Crippen LogP contribution in [0.25, 0.3) is 0 Å². The van der Waals surface area contributed by atoms with E-state index in [2.05, 4.69) is 15.6 Å². The molecule has 1 aromatic rings. The van der Waals surface area contributed by atoms with Gasteiger partial charge in [0.2, 0.25) is 5.91 Å². The highest BCUT2D eigenvalue weighted by atomic mass is 16.5. The highest BCUT2D eigenvalue weighted by molar-refractivity contribution is 6.00. The largest absolute Gasteiger partial charge is 0.496 e. The van der Waals surface area contributed by atoms with Crippen LogP contribution in [0.3, 0.4) is 0 Å². The van der Waals surface area contributed by atoms with Gasteiger partial charge in [0, 0.05) is 23.8 Å². The molecule has 8 N–H and O–H groups in total. The molecule has 0 saturated carbocycles. The summed E-state index contributed by atoms with van der Waals surface area (Å²) in [7, 11) is 1.50. The molecule has 1 aromatic carbocycles. The number of carbonyl (C=O) groups excluding carboxylic acids is 2. The second-order valence-corrected chi connectivity index (χ2v) is 8.05. The Labute approximate surface area is 185 Å². The van der Waals surface area contributed by atoms with Gasteiger partial charge in [0.15, 0.2) is 5.96 Å². The Morgan fingerprint density at radius 1 is 1.26 bits per heavy atom. The van der Waals surface area contributed by atoms with Gasteiger partial charge in [-0.1, -0.05) is 13.8 Å². The molecule has 0 spiro atoms. The maximum absolute atomic E-state index is 13.1. The summed E-state index contributed by atoms with van der Waals surface area (Å²) in [5, 5.41) is 5.82. The number of rotatable bonds is 12. The third-order valence-corrected chi connectivity index (χ3v) is 5.52. The van der Waals surface area contributed by atoms with Crippen LogP contribution in [-0.4, -0.2) is 43.0 Å². The van der Waals surface area contributed by atoms with Crippen LogP contribution in [0.5, 0.6) is 5.75 Å². The number of benzene rings is 1. The van der Waals surface area contributed by atoms with E-state index in [1.54, 1.807) is 18.2 Å². The highest BCUT2D eigenvalue weighted by Crippen LogP contribution is 2.27. The number of nitrogens with two attached hydrogens (primary N) is 3. The fourth-order valence-electron chi connectivity index (χ4n) is 3.11. The van der Waals surface area contributed by atoms with Gasteiger partial charge in [-0.05, 0) is 57.7 Å². The van der Waals surface area contributed by atoms with Crippen LogP contribution < -0.4 is 32.6 Å². The third-order valence-electron chi connectivity index (χ3n) is 5.52. The Hall–Kier alpha value is -2.81. The zero-order valence-corrected chi connectivity index (χ0v) is 19.3. The molecule has 174 valence electrons. The molecule has 2 amide bonds. The van der Waals surface area contributed by atoms with E-state index >= 15 is 0 Å². The highest BCUT2D eigenvalue weighted by Gasteiger charge is 2.34. The summed E-state index contributed by atoms with van der Waals surface area (Å²) in [6.07, 6.45) is 2.57. The van der Waals surface area contributed by atoms with Gasteiger partial charge in [0.05, 0.1) is 18.6 Å². The Balaban J connectivity index is 3.05. The van der Waals surface area contributed by atoms with Crippen LogP contribution in [0.1, 0.15) is 63.7 Å². The Morgan fingerprint density at radius 2 is 1.94 bits per heavy atom. The zero-order valence-electron chi connectivity index (χ0n) is 19.3. The molecule has 1 rings (SSSR count). The van der Waals surface area contributed by atoms with Gasteiger partial charge in [-0.15, -0.1) is 0 Å². The summed E-state index contributed by atoms with van der Waals surface area (Å²) in [5.74, 6) is -0.465. The van der Waals surface area contributed by atoms with E-state index in [1.807, 2.05) is 27.7 Å². The monoisotopic (exact) mass is 434 g/mol. The van der Waals surface area contributed by atoms with Gasteiger partial charge in [0.25, 0.3) is 5.91 Å². The van der Waals surface area contributed by atoms with E-state index in [0.717, 1.165) is 6.42 Å². The second-order valence-electron chi connectivity index (χ2n) is 8.05. The summed E-state index contributed by atoms with van der Waals surface area (Å²) in [6.45, 7) is 8.14. The molecule has 0 aliphatic carbocycles. The summed E-state index contributed by atoms with van der Waals surface area (Å²) in [5.41, 5.74) is 17.3. The van der Waals surface area contributed by atoms with Crippen LogP contribution in [0.2, 0.25) is 0 Å². The lowest BCUT2D eigenvalue weighted by Gasteiger charge is -2.32. The summed E-state index contributed by atoms with van der Waals surface area (Å²) in [6, 6.07) is 5.00. The van der Waals surface area contributed by atoms with E-state index in [9.17, 15) is 9.59 Å². The molecule has 31 heavy (non-hydrogen) atoms. The minimum absolute atomic E-state index is 0.0209. The Morgan fingerprint density at radius 3 is 2.48 bits per heavy atom. The van der Waals surface area contributed by atoms with Crippen molar-refractivity contribution in [1.29, 1.82) is 0 Å². The van der Waals surface area contributed by atoms with Crippen molar-refractivity contribution in [3.63, 3.8) is 0 Å². The SMILES string of the molecule is CCC(C)NC(=O)c1cc(NC(=O)[C@@H](CCCN=C(N)N)C(C)(N)CC)ccc1OC. The maximum Gasteiger partial charge on any atom is 0.255 e.